The van der Waals surface area contributed by atoms with E-state index in [1.165, 1.54) is 25.4 Å². The first-order chi connectivity index (χ1) is 10.5. The second-order valence-corrected chi connectivity index (χ2v) is 4.38. The molecule has 1 heterocycles. The lowest BCUT2D eigenvalue weighted by Gasteiger charge is -2.12. The molecule has 1 aromatic heterocycles. The average molecular weight is 302 g/mol. The number of benzene rings is 1. The van der Waals surface area contributed by atoms with Crippen LogP contribution < -0.4 is 11.1 Å². The van der Waals surface area contributed by atoms with Crippen LogP contribution in [0.1, 0.15) is 11.6 Å². The monoisotopic (exact) mass is 302 g/mol. The third-order valence-corrected chi connectivity index (χ3v) is 2.95. The molecule has 2 aromatic rings. The van der Waals surface area contributed by atoms with Gasteiger partial charge in [-0.2, -0.15) is 0 Å². The molecule has 0 aliphatic heterocycles. The number of nitro groups is 1. The molecule has 114 valence electrons. The van der Waals surface area contributed by atoms with Gasteiger partial charge in [-0.05, 0) is 23.8 Å². The molecule has 0 spiro atoms. The highest BCUT2D eigenvalue weighted by Gasteiger charge is 2.18. The van der Waals surface area contributed by atoms with Gasteiger partial charge in [-0.25, -0.2) is 4.98 Å². The number of anilines is 2. The molecule has 8 nitrogen and oxygen atoms in total. The van der Waals surface area contributed by atoms with E-state index >= 15 is 0 Å². The zero-order valence-electron chi connectivity index (χ0n) is 11.7. The first-order valence-corrected chi connectivity index (χ1v) is 6.32. The van der Waals surface area contributed by atoms with Crippen LogP contribution in [0.4, 0.5) is 17.2 Å². The van der Waals surface area contributed by atoms with E-state index in [-0.39, 0.29) is 11.5 Å². The number of nitrogens with zero attached hydrogens (tertiary/aromatic N) is 2. The number of carbonyl (C=O) groups excluding carboxylic acids is 1. The summed E-state index contributed by atoms with van der Waals surface area (Å²) in [5.74, 6) is -0.461. The molecular formula is C14H14N4O4. The van der Waals surface area contributed by atoms with Gasteiger partial charge in [-0.1, -0.05) is 12.1 Å². The van der Waals surface area contributed by atoms with Gasteiger partial charge in [0.2, 0.25) is 5.82 Å². The number of hydrogen-bond donors (Lipinski definition) is 2. The maximum Gasteiger partial charge on any atom is 0.327 e. The van der Waals surface area contributed by atoms with Crippen LogP contribution in [0.15, 0.2) is 42.6 Å². The van der Waals surface area contributed by atoms with Crippen molar-refractivity contribution < 1.29 is 14.5 Å². The van der Waals surface area contributed by atoms with Crippen LogP contribution in [0.2, 0.25) is 0 Å². The molecule has 0 radical (unpaired) electrons. The van der Waals surface area contributed by atoms with Crippen molar-refractivity contribution in [1.82, 2.24) is 4.98 Å². The Morgan fingerprint density at radius 2 is 2.18 bits per heavy atom. The molecule has 0 amide bonds. The van der Waals surface area contributed by atoms with Crippen LogP contribution in [0.25, 0.3) is 0 Å². The van der Waals surface area contributed by atoms with Crippen LogP contribution in [0.3, 0.4) is 0 Å². The summed E-state index contributed by atoms with van der Waals surface area (Å²) in [5, 5.41) is 13.8. The van der Waals surface area contributed by atoms with Crippen molar-refractivity contribution in [3.05, 3.63) is 58.3 Å². The fourth-order valence-electron chi connectivity index (χ4n) is 1.85. The smallest absolute Gasteiger partial charge is 0.327 e. The summed E-state index contributed by atoms with van der Waals surface area (Å²) >= 11 is 0. The number of hydrogen-bond acceptors (Lipinski definition) is 7. The molecule has 2 rings (SSSR count). The highest BCUT2D eigenvalue weighted by molar-refractivity contribution is 5.78. The zero-order chi connectivity index (χ0) is 16.1. The molecule has 1 atom stereocenters. The fraction of sp³-hybridized carbons (Fsp3) is 0.143. The van der Waals surface area contributed by atoms with Crippen LogP contribution in [0.5, 0.6) is 0 Å². The third kappa shape index (κ3) is 3.36. The highest BCUT2D eigenvalue weighted by atomic mass is 16.6. The number of nitrogens with two attached hydrogens (primary N) is 1. The summed E-state index contributed by atoms with van der Waals surface area (Å²) in [7, 11) is 1.25. The van der Waals surface area contributed by atoms with Crippen molar-refractivity contribution in [2.45, 2.75) is 6.04 Å². The minimum atomic E-state index is -0.925. The Morgan fingerprint density at radius 3 is 2.86 bits per heavy atom. The minimum Gasteiger partial charge on any atom is -0.468 e. The SMILES string of the molecule is COC(=O)C(N)c1cccc(Nc2ncccc2[N+](=O)[O-])c1. The van der Waals surface area contributed by atoms with Gasteiger partial charge >= 0.3 is 11.7 Å². The number of aromatic nitrogens is 1. The quantitative estimate of drug-likeness (QED) is 0.491. The topological polar surface area (TPSA) is 120 Å². The largest absolute Gasteiger partial charge is 0.468 e. The Labute approximate surface area is 126 Å². The lowest BCUT2D eigenvalue weighted by molar-refractivity contribution is -0.384. The van der Waals surface area contributed by atoms with Crippen molar-refractivity contribution >= 4 is 23.2 Å². The lowest BCUT2D eigenvalue weighted by atomic mass is 10.1. The van der Waals surface area contributed by atoms with Gasteiger partial charge in [0.1, 0.15) is 6.04 Å². The van der Waals surface area contributed by atoms with Crippen molar-refractivity contribution in [2.75, 3.05) is 12.4 Å². The van der Waals surface area contributed by atoms with Gasteiger partial charge in [-0.3, -0.25) is 14.9 Å². The number of pyridine rings is 1. The highest BCUT2D eigenvalue weighted by Crippen LogP contribution is 2.26. The summed E-state index contributed by atoms with van der Waals surface area (Å²) in [6.45, 7) is 0. The molecule has 1 aromatic carbocycles. The predicted molar refractivity (Wildman–Crippen MR) is 79.6 cm³/mol. The first kappa shape index (κ1) is 15.4. The van der Waals surface area contributed by atoms with Gasteiger partial charge in [-0.15, -0.1) is 0 Å². The third-order valence-electron chi connectivity index (χ3n) is 2.95. The molecule has 0 saturated heterocycles. The fourth-order valence-corrected chi connectivity index (χ4v) is 1.85. The summed E-state index contributed by atoms with van der Waals surface area (Å²) in [4.78, 5) is 25.8. The standard InChI is InChI=1S/C14H14N4O4/c1-22-14(19)12(15)9-4-2-5-10(8-9)17-13-11(18(20)21)6-3-7-16-13/h2-8,12H,15H2,1H3,(H,16,17). The summed E-state index contributed by atoms with van der Waals surface area (Å²) in [5.41, 5.74) is 6.67. The molecule has 3 N–H and O–H groups in total. The Balaban J connectivity index is 2.28. The molecular weight excluding hydrogens is 288 g/mol. The van der Waals surface area contributed by atoms with Crippen LogP contribution in [-0.4, -0.2) is 23.0 Å². The van der Waals surface area contributed by atoms with E-state index in [9.17, 15) is 14.9 Å². The van der Waals surface area contributed by atoms with E-state index in [0.717, 1.165) is 0 Å². The van der Waals surface area contributed by atoms with Gasteiger partial charge in [0.25, 0.3) is 0 Å². The summed E-state index contributed by atoms with van der Waals surface area (Å²) in [6.07, 6.45) is 1.44. The molecule has 0 bridgehead atoms. The van der Waals surface area contributed by atoms with Crippen molar-refractivity contribution in [3.8, 4) is 0 Å². The van der Waals surface area contributed by atoms with Crippen LogP contribution in [0, 0.1) is 10.1 Å². The predicted octanol–water partition coefficient (Wildman–Crippen LogP) is 1.91. The second-order valence-electron chi connectivity index (χ2n) is 4.38. The second kappa shape index (κ2) is 6.64. The van der Waals surface area contributed by atoms with Crippen molar-refractivity contribution in [1.29, 1.82) is 0 Å². The minimum absolute atomic E-state index is 0.108. The molecule has 1 unspecified atom stereocenters. The van der Waals surface area contributed by atoms with E-state index in [1.807, 2.05) is 0 Å². The summed E-state index contributed by atoms with van der Waals surface area (Å²) in [6, 6.07) is 8.54. The van der Waals surface area contributed by atoms with Crippen LogP contribution in [-0.2, 0) is 9.53 Å². The molecule has 0 aliphatic carbocycles. The van der Waals surface area contributed by atoms with E-state index in [2.05, 4.69) is 15.0 Å². The number of carbonyl (C=O) groups is 1. The number of rotatable bonds is 5. The van der Waals surface area contributed by atoms with Gasteiger partial charge in [0, 0.05) is 18.0 Å². The molecule has 0 aliphatic rings. The number of nitrogens with one attached hydrogen (secondary N) is 1. The Bertz CT molecular complexity index is 705. The Morgan fingerprint density at radius 1 is 1.41 bits per heavy atom. The van der Waals surface area contributed by atoms with E-state index in [0.29, 0.717) is 11.3 Å². The van der Waals surface area contributed by atoms with Crippen molar-refractivity contribution in [2.24, 2.45) is 5.73 Å². The molecule has 0 fully saturated rings. The number of esters is 1. The normalized spacial score (nSPS) is 11.5. The summed E-state index contributed by atoms with van der Waals surface area (Å²) < 4.78 is 4.59. The molecule has 8 heteroatoms. The first-order valence-electron chi connectivity index (χ1n) is 6.32. The molecule has 22 heavy (non-hydrogen) atoms. The van der Waals surface area contributed by atoms with Gasteiger partial charge in [0.05, 0.1) is 12.0 Å². The maximum absolute atomic E-state index is 11.5. The Hall–Kier alpha value is -3.00. The van der Waals surface area contributed by atoms with Gasteiger partial charge in [0.15, 0.2) is 0 Å². The Kier molecular flexibility index (Phi) is 4.64. The van der Waals surface area contributed by atoms with E-state index in [1.54, 1.807) is 24.3 Å². The average Bonchev–Trinajstić information content (AvgIpc) is 2.54. The maximum atomic E-state index is 11.5. The van der Waals surface area contributed by atoms with Gasteiger partial charge < -0.3 is 15.8 Å². The van der Waals surface area contributed by atoms with E-state index in [4.69, 9.17) is 5.73 Å². The van der Waals surface area contributed by atoms with E-state index < -0.39 is 16.9 Å². The lowest BCUT2D eigenvalue weighted by Crippen LogP contribution is -2.22. The molecule has 0 saturated carbocycles. The van der Waals surface area contributed by atoms with Crippen LogP contribution >= 0.6 is 0 Å². The zero-order valence-corrected chi connectivity index (χ0v) is 11.7. The number of methoxy groups -OCH3 is 1. The van der Waals surface area contributed by atoms with Crippen molar-refractivity contribution in [3.63, 3.8) is 0 Å². The number of ether oxygens (including phenoxy) is 1.